The molecule has 2 rings (SSSR count). The number of piperazine rings is 1. The molecular weight excluding hydrogens is 257 g/mol. The zero-order chi connectivity index (χ0) is 13.9. The summed E-state index contributed by atoms with van der Waals surface area (Å²) in [5.41, 5.74) is -1.15. The van der Waals surface area contributed by atoms with Crippen LogP contribution in [0.5, 0.6) is 0 Å². The van der Waals surface area contributed by atoms with E-state index in [0.29, 0.717) is 18.7 Å². The highest BCUT2D eigenvalue weighted by Crippen LogP contribution is 2.37. The molecule has 1 saturated heterocycles. The number of nitrogens with one attached hydrogen (secondary N) is 1. The molecule has 1 aromatic rings. The van der Waals surface area contributed by atoms with E-state index in [1.807, 2.05) is 0 Å². The number of hydrogen-bond acceptors (Lipinski definition) is 3. The molecule has 0 aliphatic carbocycles. The van der Waals surface area contributed by atoms with Crippen LogP contribution in [0.4, 0.5) is 13.2 Å². The van der Waals surface area contributed by atoms with Crippen molar-refractivity contribution in [3.63, 3.8) is 0 Å². The van der Waals surface area contributed by atoms with Crippen molar-refractivity contribution in [1.82, 2.24) is 10.2 Å². The van der Waals surface area contributed by atoms with Gasteiger partial charge in [-0.25, -0.2) is 0 Å². The van der Waals surface area contributed by atoms with E-state index in [2.05, 4.69) is 16.6 Å². The Morgan fingerprint density at radius 1 is 1.32 bits per heavy atom. The number of hydrogen-bond donors (Lipinski definition) is 1. The Kier molecular flexibility index (Phi) is 3.82. The minimum atomic E-state index is -4.73. The van der Waals surface area contributed by atoms with E-state index in [1.165, 1.54) is 11.1 Å². The second-order valence-corrected chi connectivity index (χ2v) is 4.25. The molecule has 1 atom stereocenters. The van der Waals surface area contributed by atoms with Gasteiger partial charge in [0.15, 0.2) is 5.72 Å². The molecule has 1 unspecified atom stereocenters. The first-order valence-corrected chi connectivity index (χ1v) is 5.90. The van der Waals surface area contributed by atoms with E-state index in [1.54, 1.807) is 30.3 Å². The summed E-state index contributed by atoms with van der Waals surface area (Å²) in [6, 6.07) is 8.36. The molecule has 1 N–H and O–H groups in total. The molecular formula is C13H15F3N2O. The first-order chi connectivity index (χ1) is 8.98. The summed E-state index contributed by atoms with van der Waals surface area (Å²) in [5.74, 6) is 0. The predicted octanol–water partition coefficient (Wildman–Crippen LogP) is 2.42. The van der Waals surface area contributed by atoms with E-state index < -0.39 is 12.1 Å². The maximum Gasteiger partial charge on any atom is 0.524 e. The van der Waals surface area contributed by atoms with Crippen LogP contribution < -0.4 is 5.32 Å². The van der Waals surface area contributed by atoms with Crippen LogP contribution >= 0.6 is 0 Å². The van der Waals surface area contributed by atoms with Gasteiger partial charge in [0.2, 0.25) is 0 Å². The van der Waals surface area contributed by atoms with Gasteiger partial charge in [0.25, 0.3) is 0 Å². The quantitative estimate of drug-likeness (QED) is 0.914. The Balaban J connectivity index is 2.45. The number of halogens is 3. The van der Waals surface area contributed by atoms with Crippen LogP contribution in [0, 0.1) is 0 Å². The van der Waals surface area contributed by atoms with E-state index >= 15 is 0 Å². The summed E-state index contributed by atoms with van der Waals surface area (Å²) in [7, 11) is 0. The summed E-state index contributed by atoms with van der Waals surface area (Å²) < 4.78 is 42.8. The third-order valence-electron chi connectivity index (χ3n) is 3.09. The molecule has 0 aromatic heterocycles. The highest BCUT2D eigenvalue weighted by Gasteiger charge is 2.49. The van der Waals surface area contributed by atoms with Crippen molar-refractivity contribution in [3.05, 3.63) is 48.7 Å². The summed E-state index contributed by atoms with van der Waals surface area (Å²) in [4.78, 5) is 1.48. The minimum absolute atomic E-state index is 0.0442. The van der Waals surface area contributed by atoms with E-state index in [9.17, 15) is 13.2 Å². The predicted molar refractivity (Wildman–Crippen MR) is 65.0 cm³/mol. The Morgan fingerprint density at radius 2 is 2.00 bits per heavy atom. The van der Waals surface area contributed by atoms with E-state index in [0.717, 1.165) is 0 Å². The number of nitrogens with zero attached hydrogens (tertiary/aromatic N) is 1. The normalized spacial score (nSPS) is 24.3. The van der Waals surface area contributed by atoms with Crippen molar-refractivity contribution in [2.45, 2.75) is 12.1 Å². The summed E-state index contributed by atoms with van der Waals surface area (Å²) in [5, 5.41) is 2.95. The fourth-order valence-electron chi connectivity index (χ4n) is 2.29. The zero-order valence-electron chi connectivity index (χ0n) is 10.3. The molecule has 104 valence electrons. The molecule has 1 heterocycles. The van der Waals surface area contributed by atoms with Crippen molar-refractivity contribution < 1.29 is 17.9 Å². The van der Waals surface area contributed by atoms with Crippen molar-refractivity contribution in [2.75, 3.05) is 19.6 Å². The van der Waals surface area contributed by atoms with Gasteiger partial charge in [0.1, 0.15) is 0 Å². The molecule has 0 spiro atoms. The van der Waals surface area contributed by atoms with Crippen LogP contribution in [-0.4, -0.2) is 30.9 Å². The fraction of sp³-hybridized carbons (Fsp3) is 0.385. The van der Waals surface area contributed by atoms with Gasteiger partial charge in [-0.2, -0.15) is 0 Å². The van der Waals surface area contributed by atoms with Crippen LogP contribution in [-0.2, 0) is 10.5 Å². The molecule has 0 radical (unpaired) electrons. The second kappa shape index (κ2) is 5.22. The van der Waals surface area contributed by atoms with Gasteiger partial charge in [0.05, 0.1) is 0 Å². The highest BCUT2D eigenvalue weighted by atomic mass is 19.4. The smallest absolute Gasteiger partial charge is 0.344 e. The lowest BCUT2D eigenvalue weighted by atomic mass is 9.99. The largest absolute Gasteiger partial charge is 0.524 e. The highest BCUT2D eigenvalue weighted by molar-refractivity contribution is 5.24. The maximum atomic E-state index is 12.8. The average Bonchev–Trinajstić information content (AvgIpc) is 2.38. The maximum absolute atomic E-state index is 12.8. The molecule has 1 aliphatic rings. The van der Waals surface area contributed by atoms with E-state index in [4.69, 9.17) is 0 Å². The third kappa shape index (κ3) is 2.90. The molecule has 6 heteroatoms. The SMILES string of the molecule is C=CN1CCNCC1(OC(F)(F)F)c1ccccc1. The van der Waals surface area contributed by atoms with Gasteiger partial charge in [-0.05, 0) is 6.20 Å². The summed E-state index contributed by atoms with van der Waals surface area (Å²) >= 11 is 0. The first kappa shape index (κ1) is 13.9. The molecule has 19 heavy (non-hydrogen) atoms. The lowest BCUT2D eigenvalue weighted by Gasteiger charge is -2.46. The van der Waals surface area contributed by atoms with Gasteiger partial charge >= 0.3 is 6.36 Å². The van der Waals surface area contributed by atoms with Crippen molar-refractivity contribution in [1.29, 1.82) is 0 Å². The van der Waals surface area contributed by atoms with Gasteiger partial charge < -0.3 is 10.2 Å². The van der Waals surface area contributed by atoms with Crippen LogP contribution in [0.15, 0.2) is 43.1 Å². The van der Waals surface area contributed by atoms with Crippen LogP contribution in [0.1, 0.15) is 5.56 Å². The molecule has 0 bridgehead atoms. The van der Waals surface area contributed by atoms with E-state index in [-0.39, 0.29) is 6.54 Å². The lowest BCUT2D eigenvalue weighted by molar-refractivity contribution is -0.394. The molecule has 0 saturated carbocycles. The topological polar surface area (TPSA) is 24.5 Å². The van der Waals surface area contributed by atoms with Crippen LogP contribution in [0.3, 0.4) is 0 Å². The second-order valence-electron chi connectivity index (χ2n) is 4.25. The Bertz CT molecular complexity index is 435. The summed E-state index contributed by atoms with van der Waals surface area (Å²) in [6.45, 7) is 4.61. The standard InChI is InChI=1S/C13H15F3N2O/c1-2-18-9-8-17-10-12(18,19-13(14,15)16)11-6-4-3-5-7-11/h2-7,17H,1,8-10H2. The number of benzene rings is 1. The first-order valence-electron chi connectivity index (χ1n) is 5.90. The molecule has 3 nitrogen and oxygen atoms in total. The van der Waals surface area contributed by atoms with Crippen LogP contribution in [0.25, 0.3) is 0 Å². The third-order valence-corrected chi connectivity index (χ3v) is 3.09. The Morgan fingerprint density at radius 3 is 2.58 bits per heavy atom. The molecule has 1 aliphatic heterocycles. The lowest BCUT2D eigenvalue weighted by Crippen LogP contribution is -2.60. The average molecular weight is 272 g/mol. The molecule has 0 amide bonds. The monoisotopic (exact) mass is 272 g/mol. The Hall–Kier alpha value is -1.53. The van der Waals surface area contributed by atoms with Gasteiger partial charge in [-0.15, -0.1) is 13.2 Å². The molecule has 1 fully saturated rings. The number of ether oxygens (including phenoxy) is 1. The van der Waals surface area contributed by atoms with Gasteiger partial charge in [-0.1, -0.05) is 36.9 Å². The number of alkyl halides is 3. The van der Waals surface area contributed by atoms with Crippen molar-refractivity contribution in [2.24, 2.45) is 0 Å². The molecule has 1 aromatic carbocycles. The van der Waals surface area contributed by atoms with Gasteiger partial charge in [0, 0.05) is 25.2 Å². The van der Waals surface area contributed by atoms with Crippen molar-refractivity contribution >= 4 is 0 Å². The zero-order valence-corrected chi connectivity index (χ0v) is 10.3. The van der Waals surface area contributed by atoms with Crippen molar-refractivity contribution in [3.8, 4) is 0 Å². The summed E-state index contributed by atoms with van der Waals surface area (Å²) in [6.07, 6.45) is -3.34. The van der Waals surface area contributed by atoms with Crippen LogP contribution in [0.2, 0.25) is 0 Å². The number of rotatable bonds is 3. The minimum Gasteiger partial charge on any atom is -0.344 e. The van der Waals surface area contributed by atoms with Gasteiger partial charge in [-0.3, -0.25) is 4.74 Å². The fourth-order valence-corrected chi connectivity index (χ4v) is 2.29. The Labute approximate surface area is 109 Å².